The number of hydrogen-bond donors (Lipinski definition) is 1. The second-order valence-electron chi connectivity index (χ2n) is 5.43. The molecule has 1 aromatic carbocycles. The summed E-state index contributed by atoms with van der Waals surface area (Å²) in [5, 5.41) is 9.03. The Kier molecular flexibility index (Phi) is 8.77. The number of alkyl halides is 1. The molecule has 1 aliphatic heterocycles. The largest absolute Gasteiger partial charge is 0.448 e. The van der Waals surface area contributed by atoms with Crippen molar-refractivity contribution < 1.29 is 19.1 Å². The van der Waals surface area contributed by atoms with Gasteiger partial charge in [-0.1, -0.05) is 12.1 Å². The van der Waals surface area contributed by atoms with Gasteiger partial charge in [-0.15, -0.1) is 0 Å². The molecule has 7 nitrogen and oxygen atoms in total. The lowest BCUT2D eigenvalue weighted by Gasteiger charge is -2.20. The third kappa shape index (κ3) is 4.78. The Hall–Kier alpha value is -2.58. The van der Waals surface area contributed by atoms with Gasteiger partial charge < -0.3 is 20.1 Å². The van der Waals surface area contributed by atoms with Crippen molar-refractivity contribution in [2.45, 2.75) is 19.9 Å². The highest BCUT2D eigenvalue weighted by molar-refractivity contribution is 6.28. The normalized spacial score (nSPS) is 14.5. The van der Waals surface area contributed by atoms with Gasteiger partial charge in [-0.3, -0.25) is 4.79 Å². The molecule has 27 heavy (non-hydrogen) atoms. The number of carbonyl (C=O) groups excluding carboxylic acids is 2. The van der Waals surface area contributed by atoms with E-state index in [1.165, 1.54) is 12.0 Å². The van der Waals surface area contributed by atoms with Crippen LogP contribution >= 0.6 is 11.6 Å². The summed E-state index contributed by atoms with van der Waals surface area (Å²) in [5.41, 5.74) is 2.89. The number of benzene rings is 1. The molecule has 9 heteroatoms. The summed E-state index contributed by atoms with van der Waals surface area (Å²) in [6.45, 7) is 5.28. The number of amides is 1. The average Bonchev–Trinajstić information content (AvgIpc) is 2.94. The fourth-order valence-electron chi connectivity index (χ4n) is 2.81. The highest BCUT2D eigenvalue weighted by Gasteiger charge is 2.35. The van der Waals surface area contributed by atoms with Gasteiger partial charge in [0.25, 0.3) is 5.91 Å². The minimum absolute atomic E-state index is 0.0898. The lowest BCUT2D eigenvalue weighted by Crippen LogP contribution is -2.28. The first-order valence-corrected chi connectivity index (χ1v) is 8.45. The summed E-state index contributed by atoms with van der Waals surface area (Å²) in [5.74, 6) is 0.369. The van der Waals surface area contributed by atoms with Gasteiger partial charge in [-0.2, -0.15) is 0 Å². The molecule has 0 bridgehead atoms. The number of anilines is 2. The van der Waals surface area contributed by atoms with Crippen molar-refractivity contribution in [1.82, 2.24) is 14.9 Å². The summed E-state index contributed by atoms with van der Waals surface area (Å²) in [7, 11) is 1.25. The highest BCUT2D eigenvalue weighted by atomic mass is 35.5. The van der Waals surface area contributed by atoms with Crippen LogP contribution in [-0.2, 0) is 4.79 Å². The monoisotopic (exact) mass is 397 g/mol. The van der Waals surface area contributed by atoms with Crippen LogP contribution in [0.2, 0.25) is 5.28 Å². The van der Waals surface area contributed by atoms with E-state index in [4.69, 9.17) is 21.5 Å². The van der Waals surface area contributed by atoms with E-state index in [0.29, 0.717) is 17.1 Å². The van der Waals surface area contributed by atoms with Crippen molar-refractivity contribution in [1.29, 1.82) is 0 Å². The summed E-state index contributed by atoms with van der Waals surface area (Å²) in [4.78, 5) is 30.2. The third-order valence-corrected chi connectivity index (χ3v) is 4.19. The van der Waals surface area contributed by atoms with Gasteiger partial charge in [0.2, 0.25) is 5.28 Å². The quantitative estimate of drug-likeness (QED) is 0.631. The molecule has 1 atom stereocenters. The van der Waals surface area contributed by atoms with Crippen LogP contribution in [0.5, 0.6) is 0 Å². The van der Waals surface area contributed by atoms with Crippen molar-refractivity contribution in [3.8, 4) is 0 Å². The Morgan fingerprint density at radius 3 is 2.67 bits per heavy atom. The molecule has 1 amide bonds. The first kappa shape index (κ1) is 22.5. The van der Waals surface area contributed by atoms with Crippen molar-refractivity contribution in [3.63, 3.8) is 0 Å². The molecule has 3 N–H and O–H groups in total. The molecule has 1 aliphatic rings. The van der Waals surface area contributed by atoms with Gasteiger partial charge in [0.05, 0.1) is 17.3 Å². The minimum atomic E-state index is -0.562. The number of hydrogen-bond acceptors (Lipinski definition) is 5. The van der Waals surface area contributed by atoms with Gasteiger partial charge in [-0.25, -0.2) is 14.4 Å². The fraction of sp³-hybridized carbons (Fsp3) is 0.333. The Balaban J connectivity index is 0.000000855. The van der Waals surface area contributed by atoms with Crippen LogP contribution in [0.4, 0.5) is 15.9 Å². The van der Waals surface area contributed by atoms with E-state index >= 15 is 0 Å². The Morgan fingerprint density at radius 1 is 1.37 bits per heavy atom. The molecule has 0 fully saturated rings. The Morgan fingerprint density at radius 2 is 2.04 bits per heavy atom. The number of halogens is 2. The second kappa shape index (κ2) is 10.5. The summed E-state index contributed by atoms with van der Waals surface area (Å²) in [6, 6.07) is 5.41. The van der Waals surface area contributed by atoms with E-state index in [0.717, 1.165) is 11.1 Å². The van der Waals surface area contributed by atoms with Crippen LogP contribution < -0.4 is 5.32 Å². The molecule has 1 unspecified atom stereocenters. The first-order valence-electron chi connectivity index (χ1n) is 8.07. The lowest BCUT2D eigenvalue weighted by atomic mass is 10.0. The molecule has 146 valence electrons. The van der Waals surface area contributed by atoms with E-state index in [9.17, 15) is 9.18 Å². The maximum atomic E-state index is 12.7. The highest BCUT2D eigenvalue weighted by Crippen LogP contribution is 2.38. The Labute approximate surface area is 162 Å². The molecule has 0 saturated carbocycles. The summed E-state index contributed by atoms with van der Waals surface area (Å²) in [6.07, 6.45) is 1.61. The molecule has 1 aromatic heterocycles. The van der Waals surface area contributed by atoms with Crippen molar-refractivity contribution in [2.24, 2.45) is 0 Å². The van der Waals surface area contributed by atoms with Crippen molar-refractivity contribution >= 4 is 35.8 Å². The van der Waals surface area contributed by atoms with Crippen LogP contribution in [0.25, 0.3) is 0 Å². The number of nitrogens with zero attached hydrogens (tertiary/aromatic N) is 3. The second-order valence-corrected chi connectivity index (χ2v) is 5.77. The predicted octanol–water partition coefficient (Wildman–Crippen LogP) is 2.82. The van der Waals surface area contributed by atoms with Crippen molar-refractivity contribution in [2.75, 3.05) is 25.6 Å². The topological polar surface area (TPSA) is 98.1 Å². The smallest absolute Gasteiger partial charge is 0.256 e. The number of carbonyl (C=O) groups is 2. The zero-order valence-electron chi connectivity index (χ0n) is 15.4. The van der Waals surface area contributed by atoms with Crippen LogP contribution in [0.1, 0.15) is 34.5 Å². The predicted molar refractivity (Wildman–Crippen MR) is 104 cm³/mol. The molecule has 2 aromatic rings. The van der Waals surface area contributed by atoms with Crippen LogP contribution in [0.3, 0.4) is 0 Å². The Bertz CT molecular complexity index is 791. The van der Waals surface area contributed by atoms with Crippen LogP contribution in [0, 0.1) is 6.92 Å². The summed E-state index contributed by atoms with van der Waals surface area (Å²) < 4.78 is 12.7. The lowest BCUT2D eigenvalue weighted by molar-refractivity contribution is -0.0980. The molecular weight excluding hydrogens is 375 g/mol. The fourth-order valence-corrected chi connectivity index (χ4v) is 2.94. The minimum Gasteiger partial charge on any atom is -0.448 e. The molecule has 0 aliphatic carbocycles. The number of aryl methyl sites for hydroxylation is 1. The summed E-state index contributed by atoms with van der Waals surface area (Å²) >= 11 is 5.84. The third-order valence-electron chi connectivity index (χ3n) is 4.01. The van der Waals surface area contributed by atoms with Gasteiger partial charge in [0.1, 0.15) is 26.4 Å². The van der Waals surface area contributed by atoms with E-state index in [2.05, 4.69) is 15.3 Å². The zero-order chi connectivity index (χ0) is 20.6. The number of fused-ring (bicyclic) bond motifs is 1. The molecule has 0 saturated heterocycles. The van der Waals surface area contributed by atoms with E-state index in [-0.39, 0.29) is 23.8 Å². The van der Waals surface area contributed by atoms with Crippen LogP contribution in [-0.4, -0.2) is 53.0 Å². The average molecular weight is 398 g/mol. The maximum absolute atomic E-state index is 12.7. The molecule has 0 spiro atoms. The number of aromatic nitrogens is 2. The van der Waals surface area contributed by atoms with Gasteiger partial charge in [-0.05, 0) is 37.1 Å². The van der Waals surface area contributed by atoms with E-state index in [1.54, 1.807) is 12.3 Å². The molecular formula is C18H23ClFN4O3+. The van der Waals surface area contributed by atoms with E-state index < -0.39 is 6.67 Å². The molecule has 0 radical (unpaired) electrons. The van der Waals surface area contributed by atoms with Gasteiger partial charge in [0, 0.05) is 18.3 Å². The first-order chi connectivity index (χ1) is 13.0. The number of rotatable bonds is 4. The van der Waals surface area contributed by atoms with Gasteiger partial charge >= 0.3 is 0 Å². The van der Waals surface area contributed by atoms with Crippen molar-refractivity contribution in [3.05, 3.63) is 46.4 Å². The zero-order valence-corrected chi connectivity index (χ0v) is 16.2. The van der Waals surface area contributed by atoms with Gasteiger partial charge in [0.15, 0.2) is 0 Å². The standard InChI is InChI=1S/C16H16ClFN4O.CH4O.CH2O/c1-9-8-19-16(17)21-14(9)20-12-5-3-4-11-10(2)22(7-6-18)15(23)13(11)12;2*1-2/h3-5,8,10H,6-7H2,1-2H3,(H,19,20,21);2H,1H3;1H2/p+1. The molecule has 3 rings (SSSR count). The SMILES string of the molecule is C=O.C[OH2+].Cc1cnc(Cl)nc1Nc1cccc2c1C(=O)N(CCF)C2C. The molecule has 2 heterocycles. The maximum Gasteiger partial charge on any atom is 0.256 e. The van der Waals surface area contributed by atoms with E-state index in [1.807, 2.05) is 32.8 Å². The number of nitrogens with one attached hydrogen (secondary N) is 1. The van der Waals surface area contributed by atoms with Crippen LogP contribution in [0.15, 0.2) is 24.4 Å².